The van der Waals surface area contributed by atoms with Gasteiger partial charge in [-0.15, -0.1) is 0 Å². The Kier molecular flexibility index (Phi) is 6.17. The topological polar surface area (TPSA) is 86.5 Å². The van der Waals surface area contributed by atoms with E-state index in [9.17, 15) is 4.79 Å². The molecule has 3 aromatic rings. The fourth-order valence-corrected chi connectivity index (χ4v) is 2.59. The summed E-state index contributed by atoms with van der Waals surface area (Å²) in [7, 11) is 3.23. The summed E-state index contributed by atoms with van der Waals surface area (Å²) in [5.74, 6) is 1.23. The Morgan fingerprint density at radius 3 is 2.81 bits per heavy atom. The normalized spacial score (nSPS) is 10.6. The number of methoxy groups -OCH3 is 2. The molecule has 0 unspecified atom stereocenters. The number of rotatable bonds is 8. The quantitative estimate of drug-likeness (QED) is 0.616. The van der Waals surface area contributed by atoms with Crippen molar-refractivity contribution in [3.8, 4) is 28.6 Å². The first-order chi connectivity index (χ1) is 13.2. The van der Waals surface area contributed by atoms with Gasteiger partial charge in [0, 0.05) is 25.8 Å². The molecule has 0 saturated heterocycles. The highest BCUT2D eigenvalue weighted by molar-refractivity contribution is 6.00. The third kappa shape index (κ3) is 4.51. The maximum absolute atomic E-state index is 12.5. The van der Waals surface area contributed by atoms with Crippen LogP contribution in [0.5, 0.6) is 5.75 Å². The Morgan fingerprint density at radius 2 is 2.00 bits per heavy atom. The van der Waals surface area contributed by atoms with Crippen LogP contribution in [0, 0.1) is 0 Å². The molecule has 3 rings (SSSR count). The van der Waals surface area contributed by atoms with E-state index in [1.165, 1.54) is 0 Å². The second-order valence-corrected chi connectivity index (χ2v) is 5.80. The molecule has 1 amide bonds. The highest BCUT2D eigenvalue weighted by atomic mass is 16.5. The number of ether oxygens (including phenoxy) is 2. The van der Waals surface area contributed by atoms with Crippen molar-refractivity contribution < 1.29 is 18.8 Å². The first-order valence-corrected chi connectivity index (χ1v) is 8.57. The second kappa shape index (κ2) is 8.95. The minimum atomic E-state index is -0.192. The molecular weight excluding hydrogens is 346 g/mol. The van der Waals surface area contributed by atoms with Crippen LogP contribution in [0.2, 0.25) is 0 Å². The van der Waals surface area contributed by atoms with Gasteiger partial charge in [0.25, 0.3) is 11.8 Å². The highest BCUT2D eigenvalue weighted by Gasteiger charge is 2.18. The zero-order valence-corrected chi connectivity index (χ0v) is 15.3. The number of nitrogens with one attached hydrogen (secondary N) is 1. The lowest BCUT2D eigenvalue weighted by Gasteiger charge is -2.07. The van der Waals surface area contributed by atoms with E-state index in [0.29, 0.717) is 35.9 Å². The molecule has 0 spiro atoms. The van der Waals surface area contributed by atoms with Crippen molar-refractivity contribution >= 4 is 5.91 Å². The number of hydrogen-bond donors (Lipinski definition) is 1. The molecule has 7 nitrogen and oxygen atoms in total. The van der Waals surface area contributed by atoms with E-state index in [2.05, 4.69) is 15.5 Å². The molecule has 2 aromatic carbocycles. The summed E-state index contributed by atoms with van der Waals surface area (Å²) in [5, 5.41) is 6.91. The Balaban J connectivity index is 1.83. The molecule has 0 radical (unpaired) electrons. The van der Waals surface area contributed by atoms with Crippen LogP contribution >= 0.6 is 0 Å². The lowest BCUT2D eigenvalue weighted by atomic mass is 10.1. The summed E-state index contributed by atoms with van der Waals surface area (Å²) in [4.78, 5) is 16.9. The van der Waals surface area contributed by atoms with Crippen LogP contribution in [-0.4, -0.2) is 43.4 Å². The van der Waals surface area contributed by atoms with Gasteiger partial charge in [-0.2, -0.15) is 4.98 Å². The van der Waals surface area contributed by atoms with Gasteiger partial charge in [-0.05, 0) is 30.7 Å². The molecule has 1 N–H and O–H groups in total. The first kappa shape index (κ1) is 18.6. The number of carbonyl (C=O) groups excluding carboxylic acids is 1. The number of aromatic nitrogens is 2. The van der Waals surface area contributed by atoms with Gasteiger partial charge < -0.3 is 19.3 Å². The summed E-state index contributed by atoms with van der Waals surface area (Å²) in [5.41, 5.74) is 1.84. The third-order valence-electron chi connectivity index (χ3n) is 3.97. The third-order valence-corrected chi connectivity index (χ3v) is 3.97. The van der Waals surface area contributed by atoms with Crippen LogP contribution in [0.15, 0.2) is 53.1 Å². The van der Waals surface area contributed by atoms with E-state index >= 15 is 0 Å². The number of benzene rings is 2. The first-order valence-electron chi connectivity index (χ1n) is 8.57. The number of amides is 1. The molecule has 0 saturated carbocycles. The Hall–Kier alpha value is -3.19. The molecule has 0 bridgehead atoms. The van der Waals surface area contributed by atoms with E-state index < -0.39 is 0 Å². The molecule has 0 fully saturated rings. The molecule has 0 aliphatic heterocycles. The maximum Gasteiger partial charge on any atom is 0.259 e. The minimum Gasteiger partial charge on any atom is -0.497 e. The molecule has 7 heteroatoms. The summed E-state index contributed by atoms with van der Waals surface area (Å²) < 4.78 is 15.6. The number of nitrogens with zero attached hydrogens (tertiary/aromatic N) is 2. The number of hydrogen-bond acceptors (Lipinski definition) is 6. The minimum absolute atomic E-state index is 0.192. The van der Waals surface area contributed by atoms with Gasteiger partial charge in [-0.25, -0.2) is 0 Å². The molecule has 140 valence electrons. The maximum atomic E-state index is 12.5. The average molecular weight is 367 g/mol. The van der Waals surface area contributed by atoms with Crippen molar-refractivity contribution in [1.82, 2.24) is 15.5 Å². The summed E-state index contributed by atoms with van der Waals surface area (Å²) in [6.45, 7) is 1.12. The van der Waals surface area contributed by atoms with Crippen LogP contribution in [-0.2, 0) is 4.74 Å². The van der Waals surface area contributed by atoms with E-state index in [0.717, 1.165) is 12.0 Å². The smallest absolute Gasteiger partial charge is 0.259 e. The van der Waals surface area contributed by atoms with E-state index in [-0.39, 0.29) is 11.8 Å². The van der Waals surface area contributed by atoms with Crippen molar-refractivity contribution in [2.45, 2.75) is 6.42 Å². The van der Waals surface area contributed by atoms with Crippen LogP contribution in [0.3, 0.4) is 0 Å². The lowest BCUT2D eigenvalue weighted by Crippen LogP contribution is -2.25. The average Bonchev–Trinajstić information content (AvgIpc) is 3.21. The fraction of sp³-hybridized carbons (Fsp3) is 0.250. The van der Waals surface area contributed by atoms with Gasteiger partial charge in [0.05, 0.1) is 18.2 Å². The lowest BCUT2D eigenvalue weighted by molar-refractivity contribution is 0.0949. The second-order valence-electron chi connectivity index (χ2n) is 5.80. The zero-order valence-electron chi connectivity index (χ0n) is 15.3. The van der Waals surface area contributed by atoms with Crippen molar-refractivity contribution in [3.63, 3.8) is 0 Å². The fourth-order valence-electron chi connectivity index (χ4n) is 2.59. The molecule has 1 aromatic heterocycles. The van der Waals surface area contributed by atoms with Crippen LogP contribution in [0.25, 0.3) is 22.8 Å². The SMILES string of the molecule is COCCCNC(=O)c1ccccc1-c1nc(-c2cccc(OC)c2)no1. The summed E-state index contributed by atoms with van der Waals surface area (Å²) in [6, 6.07) is 14.5. The van der Waals surface area contributed by atoms with Gasteiger partial charge in [-0.1, -0.05) is 29.4 Å². The number of carbonyl (C=O) groups is 1. The van der Waals surface area contributed by atoms with Crippen LogP contribution in [0.1, 0.15) is 16.8 Å². The van der Waals surface area contributed by atoms with Crippen molar-refractivity contribution in [2.75, 3.05) is 27.4 Å². The van der Waals surface area contributed by atoms with E-state index in [1.807, 2.05) is 30.3 Å². The summed E-state index contributed by atoms with van der Waals surface area (Å²) >= 11 is 0. The predicted octanol–water partition coefficient (Wildman–Crippen LogP) is 3.18. The molecule has 1 heterocycles. The molecular formula is C20H21N3O4. The summed E-state index contributed by atoms with van der Waals surface area (Å²) in [6.07, 6.45) is 0.741. The predicted molar refractivity (Wildman–Crippen MR) is 101 cm³/mol. The van der Waals surface area contributed by atoms with Gasteiger partial charge in [0.2, 0.25) is 5.82 Å². The van der Waals surface area contributed by atoms with Crippen LogP contribution in [0.4, 0.5) is 0 Å². The van der Waals surface area contributed by atoms with E-state index in [1.54, 1.807) is 32.4 Å². The van der Waals surface area contributed by atoms with Crippen LogP contribution < -0.4 is 10.1 Å². The molecule has 0 aliphatic rings. The molecule has 0 aliphatic carbocycles. The molecule has 0 atom stereocenters. The van der Waals surface area contributed by atoms with Gasteiger partial charge in [0.1, 0.15) is 5.75 Å². The van der Waals surface area contributed by atoms with Crippen molar-refractivity contribution in [1.29, 1.82) is 0 Å². The Bertz CT molecular complexity index is 908. The Labute approximate surface area is 157 Å². The Morgan fingerprint density at radius 1 is 1.15 bits per heavy atom. The standard InChI is InChI=1S/C20H21N3O4/c1-25-12-6-11-21-19(24)16-9-3-4-10-17(16)20-22-18(23-27-20)14-7-5-8-15(13-14)26-2/h3-5,7-10,13H,6,11-12H2,1-2H3,(H,21,24). The van der Waals surface area contributed by atoms with Crippen molar-refractivity contribution in [2.24, 2.45) is 0 Å². The zero-order chi connectivity index (χ0) is 19.1. The highest BCUT2D eigenvalue weighted by Crippen LogP contribution is 2.26. The molecule has 27 heavy (non-hydrogen) atoms. The van der Waals surface area contributed by atoms with Gasteiger partial charge in [0.15, 0.2) is 0 Å². The van der Waals surface area contributed by atoms with Crippen molar-refractivity contribution in [3.05, 3.63) is 54.1 Å². The van der Waals surface area contributed by atoms with Gasteiger partial charge >= 0.3 is 0 Å². The van der Waals surface area contributed by atoms with E-state index in [4.69, 9.17) is 14.0 Å². The largest absolute Gasteiger partial charge is 0.497 e. The monoisotopic (exact) mass is 367 g/mol. The van der Waals surface area contributed by atoms with Gasteiger partial charge in [-0.3, -0.25) is 4.79 Å².